The molecule has 0 amide bonds. The maximum atomic E-state index is 13.1. The second kappa shape index (κ2) is 4.84. The lowest BCUT2D eigenvalue weighted by atomic mass is 10.1. The molecule has 2 rings (SSSR count). The van der Waals surface area contributed by atoms with Crippen molar-refractivity contribution in [2.75, 3.05) is 0 Å². The fourth-order valence-corrected chi connectivity index (χ4v) is 1.92. The Kier molecular flexibility index (Phi) is 3.43. The third kappa shape index (κ3) is 2.47. The second-order valence-corrected chi connectivity index (χ2v) is 4.43. The maximum Gasteiger partial charge on any atom is 0.229 e. The Morgan fingerprint density at radius 1 is 1.35 bits per heavy atom. The molecule has 1 aromatic heterocycles. The molecule has 0 fully saturated rings. The van der Waals surface area contributed by atoms with Crippen LogP contribution in [-0.2, 0) is 6.42 Å². The molecule has 1 aromatic carbocycles. The highest BCUT2D eigenvalue weighted by Gasteiger charge is 2.16. The van der Waals surface area contributed by atoms with Crippen molar-refractivity contribution in [1.29, 1.82) is 0 Å². The van der Waals surface area contributed by atoms with E-state index >= 15 is 0 Å². The van der Waals surface area contributed by atoms with Gasteiger partial charge in [-0.1, -0.05) is 22.9 Å². The van der Waals surface area contributed by atoms with E-state index in [1.807, 2.05) is 6.92 Å². The van der Waals surface area contributed by atoms with E-state index < -0.39 is 5.82 Å². The molecule has 0 atom stereocenters. The molecular weight excluding hydrogens is 287 g/mol. The summed E-state index contributed by atoms with van der Waals surface area (Å²) in [4.78, 5) is 12.1. The van der Waals surface area contributed by atoms with Gasteiger partial charge in [-0.3, -0.25) is 4.79 Å². The Balaban J connectivity index is 2.39. The van der Waals surface area contributed by atoms with Gasteiger partial charge in [-0.15, -0.1) is 0 Å². The van der Waals surface area contributed by atoms with Crippen LogP contribution in [0.25, 0.3) is 0 Å². The first-order valence-corrected chi connectivity index (χ1v) is 5.99. The predicted molar refractivity (Wildman–Crippen MR) is 65.6 cm³/mol. The van der Waals surface area contributed by atoms with Gasteiger partial charge < -0.3 is 4.42 Å². The van der Waals surface area contributed by atoms with Crippen LogP contribution in [0.4, 0.5) is 4.39 Å². The number of benzene rings is 1. The average Bonchev–Trinajstić information content (AvgIpc) is 2.80. The van der Waals surface area contributed by atoms with E-state index in [2.05, 4.69) is 15.9 Å². The smallest absolute Gasteiger partial charge is 0.229 e. The largest absolute Gasteiger partial charge is 0.458 e. The third-order valence-corrected chi connectivity index (χ3v) is 3.10. The number of aryl methyl sites for hydroxylation is 1. The minimum atomic E-state index is -0.446. The number of hydrogen-bond acceptors (Lipinski definition) is 2. The summed E-state index contributed by atoms with van der Waals surface area (Å²) in [5, 5.41) is 0. The normalized spacial score (nSPS) is 10.5. The van der Waals surface area contributed by atoms with E-state index in [1.165, 1.54) is 18.2 Å². The summed E-state index contributed by atoms with van der Waals surface area (Å²) in [7, 11) is 0. The van der Waals surface area contributed by atoms with Crippen LogP contribution in [0.5, 0.6) is 0 Å². The van der Waals surface area contributed by atoms with E-state index in [1.54, 1.807) is 12.1 Å². The number of furan rings is 1. The highest BCUT2D eigenvalue weighted by molar-refractivity contribution is 9.10. The van der Waals surface area contributed by atoms with Crippen LogP contribution >= 0.6 is 15.9 Å². The van der Waals surface area contributed by atoms with Crippen LogP contribution in [-0.4, -0.2) is 5.78 Å². The summed E-state index contributed by atoms with van der Waals surface area (Å²) < 4.78 is 19.0. The van der Waals surface area contributed by atoms with Crippen molar-refractivity contribution >= 4 is 21.7 Å². The molecule has 0 aliphatic heterocycles. The molecule has 0 unspecified atom stereocenters. The van der Waals surface area contributed by atoms with Crippen molar-refractivity contribution in [3.05, 3.63) is 57.7 Å². The maximum absolute atomic E-state index is 13.1. The molecule has 0 N–H and O–H groups in total. The minimum absolute atomic E-state index is 0.230. The van der Waals surface area contributed by atoms with Crippen molar-refractivity contribution in [2.24, 2.45) is 0 Å². The summed E-state index contributed by atoms with van der Waals surface area (Å²) in [6, 6.07) is 7.35. The zero-order chi connectivity index (χ0) is 12.4. The summed E-state index contributed by atoms with van der Waals surface area (Å²) in [5.41, 5.74) is 0.266. The third-order valence-electron chi connectivity index (χ3n) is 2.41. The molecule has 4 heteroatoms. The topological polar surface area (TPSA) is 30.2 Å². The Morgan fingerprint density at radius 3 is 2.76 bits per heavy atom. The Labute approximate surface area is 107 Å². The fraction of sp³-hybridized carbons (Fsp3) is 0.154. The van der Waals surface area contributed by atoms with E-state index in [0.29, 0.717) is 4.47 Å². The lowest BCUT2D eigenvalue weighted by Crippen LogP contribution is -2.01. The average molecular weight is 297 g/mol. The number of carbonyl (C=O) groups excluding carboxylic acids is 1. The van der Waals surface area contributed by atoms with E-state index in [9.17, 15) is 9.18 Å². The fourth-order valence-electron chi connectivity index (χ4n) is 1.49. The van der Waals surface area contributed by atoms with Crippen LogP contribution in [0.15, 0.2) is 39.2 Å². The predicted octanol–water partition coefficient (Wildman–Crippen LogP) is 3.97. The minimum Gasteiger partial charge on any atom is -0.458 e. The van der Waals surface area contributed by atoms with Gasteiger partial charge in [0.05, 0.1) is 0 Å². The van der Waals surface area contributed by atoms with Gasteiger partial charge in [-0.25, -0.2) is 4.39 Å². The van der Waals surface area contributed by atoms with E-state index in [4.69, 9.17) is 4.42 Å². The van der Waals surface area contributed by atoms with Gasteiger partial charge in [-0.2, -0.15) is 0 Å². The lowest BCUT2D eigenvalue weighted by molar-refractivity contribution is 0.101. The molecule has 0 spiro atoms. The standard InChI is InChI=1S/C13H10BrFO2/c1-2-9-4-6-12(17-9)13(16)10-7-8(15)3-5-11(10)14/h3-7H,2H2,1H3. The summed E-state index contributed by atoms with van der Waals surface area (Å²) in [6.45, 7) is 1.94. The quantitative estimate of drug-likeness (QED) is 0.802. The highest BCUT2D eigenvalue weighted by atomic mass is 79.9. The van der Waals surface area contributed by atoms with Crippen LogP contribution in [0.3, 0.4) is 0 Å². The summed E-state index contributed by atoms with van der Waals surface area (Å²) in [6.07, 6.45) is 0.720. The number of hydrogen-bond donors (Lipinski definition) is 0. The Hall–Kier alpha value is -1.42. The van der Waals surface area contributed by atoms with Crippen LogP contribution < -0.4 is 0 Å². The zero-order valence-corrected chi connectivity index (χ0v) is 10.8. The van der Waals surface area contributed by atoms with Gasteiger partial charge in [0.2, 0.25) is 5.78 Å². The first-order valence-electron chi connectivity index (χ1n) is 5.20. The first-order chi connectivity index (χ1) is 8.11. The molecule has 0 saturated carbocycles. The lowest BCUT2D eigenvalue weighted by Gasteiger charge is -2.01. The van der Waals surface area contributed by atoms with Gasteiger partial charge in [0.1, 0.15) is 11.6 Å². The van der Waals surface area contributed by atoms with E-state index in [0.717, 1.165) is 12.2 Å². The monoisotopic (exact) mass is 296 g/mol. The SMILES string of the molecule is CCc1ccc(C(=O)c2cc(F)ccc2Br)o1. The Morgan fingerprint density at radius 2 is 2.12 bits per heavy atom. The number of carbonyl (C=O) groups is 1. The molecule has 2 aromatic rings. The molecule has 0 aliphatic rings. The Bertz CT molecular complexity index is 560. The van der Waals surface area contributed by atoms with Crippen molar-refractivity contribution in [3.63, 3.8) is 0 Å². The van der Waals surface area contributed by atoms with Crippen LogP contribution in [0.1, 0.15) is 28.8 Å². The highest BCUT2D eigenvalue weighted by Crippen LogP contribution is 2.22. The number of halogens is 2. The molecule has 0 bridgehead atoms. The molecule has 0 aliphatic carbocycles. The molecule has 1 heterocycles. The number of ketones is 1. The van der Waals surface area contributed by atoms with Crippen LogP contribution in [0.2, 0.25) is 0 Å². The molecule has 88 valence electrons. The van der Waals surface area contributed by atoms with Gasteiger partial charge >= 0.3 is 0 Å². The molecule has 0 saturated heterocycles. The van der Waals surface area contributed by atoms with Crippen molar-refractivity contribution in [3.8, 4) is 0 Å². The summed E-state index contributed by atoms with van der Waals surface area (Å²) in [5.74, 6) is 0.198. The molecular formula is C13H10BrFO2. The molecule has 17 heavy (non-hydrogen) atoms. The first kappa shape index (κ1) is 12.0. The van der Waals surface area contributed by atoms with E-state index in [-0.39, 0.29) is 17.1 Å². The molecule has 0 radical (unpaired) electrons. The number of rotatable bonds is 3. The van der Waals surface area contributed by atoms with Gasteiger partial charge in [0.25, 0.3) is 0 Å². The van der Waals surface area contributed by atoms with Crippen molar-refractivity contribution < 1.29 is 13.6 Å². The van der Waals surface area contributed by atoms with Gasteiger partial charge in [0.15, 0.2) is 5.76 Å². The van der Waals surface area contributed by atoms with Crippen molar-refractivity contribution in [2.45, 2.75) is 13.3 Å². The second-order valence-electron chi connectivity index (χ2n) is 3.57. The van der Waals surface area contributed by atoms with Gasteiger partial charge in [-0.05, 0) is 30.3 Å². The van der Waals surface area contributed by atoms with Crippen molar-refractivity contribution in [1.82, 2.24) is 0 Å². The summed E-state index contributed by atoms with van der Waals surface area (Å²) >= 11 is 3.22. The molecule has 2 nitrogen and oxygen atoms in total. The van der Waals surface area contributed by atoms with Gasteiger partial charge in [0, 0.05) is 16.5 Å². The zero-order valence-electron chi connectivity index (χ0n) is 9.17. The van der Waals surface area contributed by atoms with Crippen LogP contribution in [0, 0.1) is 5.82 Å².